The van der Waals surface area contributed by atoms with Crippen molar-refractivity contribution in [2.24, 2.45) is 0 Å². The highest BCUT2D eigenvalue weighted by atomic mass is 16.6. The van der Waals surface area contributed by atoms with Crippen LogP contribution >= 0.6 is 0 Å². The first-order valence-electron chi connectivity index (χ1n) is 4.64. The Bertz CT molecular complexity index is 382. The summed E-state index contributed by atoms with van der Waals surface area (Å²) < 4.78 is 15.0. The predicted octanol–water partition coefficient (Wildman–Crippen LogP) is 1.55. The second-order valence-corrected chi connectivity index (χ2v) is 3.27. The lowest BCUT2D eigenvalue weighted by Crippen LogP contribution is -2.02. The number of ether oxygens (including phenoxy) is 3. The lowest BCUT2D eigenvalue weighted by Gasteiger charge is -2.07. The van der Waals surface area contributed by atoms with Gasteiger partial charge in [-0.05, 0) is 18.2 Å². The molecule has 4 nitrogen and oxygen atoms in total. The number of hydrogen-bond acceptors (Lipinski definition) is 4. The third-order valence-electron chi connectivity index (χ3n) is 2.33. The molecular weight excluding hydrogens is 196 g/mol. The summed E-state index contributed by atoms with van der Waals surface area (Å²) in [6.07, 6.45) is 0.0598. The first-order chi connectivity index (χ1) is 7.26. The van der Waals surface area contributed by atoms with Crippen molar-refractivity contribution in [1.82, 2.24) is 0 Å². The number of benzene rings is 1. The van der Waals surface area contributed by atoms with Crippen molar-refractivity contribution in [3.05, 3.63) is 29.3 Å². The highest BCUT2D eigenvalue weighted by molar-refractivity contribution is 5.89. The van der Waals surface area contributed by atoms with Crippen LogP contribution in [0.15, 0.2) is 18.2 Å². The molecular formula is C11H12O4. The second kappa shape index (κ2) is 3.90. The van der Waals surface area contributed by atoms with Crippen LogP contribution in [0.1, 0.15) is 22.0 Å². The van der Waals surface area contributed by atoms with E-state index in [2.05, 4.69) is 4.74 Å². The zero-order valence-corrected chi connectivity index (χ0v) is 8.65. The number of hydrogen-bond donors (Lipinski definition) is 0. The topological polar surface area (TPSA) is 48.1 Å². The summed E-state index contributed by atoms with van der Waals surface area (Å²) in [6.45, 7) is 0.682. The Morgan fingerprint density at radius 3 is 2.73 bits per heavy atom. The average molecular weight is 208 g/mol. The van der Waals surface area contributed by atoms with Gasteiger partial charge in [-0.25, -0.2) is 4.79 Å². The Hall–Kier alpha value is -1.55. The minimum atomic E-state index is -0.348. The fraction of sp³-hybridized carbons (Fsp3) is 0.364. The van der Waals surface area contributed by atoms with Crippen molar-refractivity contribution < 1.29 is 19.0 Å². The lowest BCUT2D eigenvalue weighted by molar-refractivity contribution is 0.0600. The Morgan fingerprint density at radius 1 is 1.47 bits per heavy atom. The molecule has 1 fully saturated rings. The van der Waals surface area contributed by atoms with Crippen LogP contribution in [0, 0.1) is 0 Å². The van der Waals surface area contributed by atoms with Gasteiger partial charge in [0.15, 0.2) is 0 Å². The number of epoxide rings is 1. The monoisotopic (exact) mass is 208 g/mol. The van der Waals surface area contributed by atoms with E-state index in [4.69, 9.17) is 9.47 Å². The lowest BCUT2D eigenvalue weighted by atomic mass is 10.1. The van der Waals surface area contributed by atoms with Crippen molar-refractivity contribution in [3.8, 4) is 5.75 Å². The van der Waals surface area contributed by atoms with Crippen LogP contribution in [0.3, 0.4) is 0 Å². The van der Waals surface area contributed by atoms with Crippen LogP contribution < -0.4 is 4.74 Å². The summed E-state index contributed by atoms with van der Waals surface area (Å²) in [6, 6.07) is 5.18. The minimum Gasteiger partial charge on any atom is -0.496 e. The molecule has 1 heterocycles. The summed E-state index contributed by atoms with van der Waals surface area (Å²) in [5, 5.41) is 0. The molecule has 1 aromatic carbocycles. The van der Waals surface area contributed by atoms with Crippen LogP contribution in [0.5, 0.6) is 5.75 Å². The van der Waals surface area contributed by atoms with E-state index in [1.54, 1.807) is 25.3 Å². The molecule has 15 heavy (non-hydrogen) atoms. The number of carbonyl (C=O) groups excluding carboxylic acids is 1. The smallest absolute Gasteiger partial charge is 0.337 e. The zero-order chi connectivity index (χ0) is 10.8. The van der Waals surface area contributed by atoms with Gasteiger partial charge in [-0.15, -0.1) is 0 Å². The van der Waals surface area contributed by atoms with Gasteiger partial charge in [-0.1, -0.05) is 0 Å². The van der Waals surface area contributed by atoms with Gasteiger partial charge in [-0.3, -0.25) is 0 Å². The van der Waals surface area contributed by atoms with E-state index in [9.17, 15) is 4.79 Å². The van der Waals surface area contributed by atoms with E-state index >= 15 is 0 Å². The molecule has 1 saturated heterocycles. The third kappa shape index (κ3) is 1.94. The first kappa shape index (κ1) is 9.98. The maximum Gasteiger partial charge on any atom is 0.337 e. The highest BCUT2D eigenvalue weighted by Crippen LogP contribution is 2.36. The van der Waals surface area contributed by atoms with Crippen LogP contribution in [-0.4, -0.2) is 26.8 Å². The van der Waals surface area contributed by atoms with Crippen molar-refractivity contribution >= 4 is 5.97 Å². The Kier molecular flexibility index (Phi) is 2.60. The summed E-state index contributed by atoms with van der Waals surface area (Å²) in [5.41, 5.74) is 1.42. The van der Waals surface area contributed by atoms with Gasteiger partial charge in [0.05, 0.1) is 26.4 Å². The molecule has 1 aliphatic heterocycles. The largest absolute Gasteiger partial charge is 0.496 e. The quantitative estimate of drug-likeness (QED) is 0.558. The van der Waals surface area contributed by atoms with E-state index in [-0.39, 0.29) is 12.1 Å². The molecule has 1 atom stereocenters. The summed E-state index contributed by atoms with van der Waals surface area (Å²) in [5.74, 6) is 0.393. The van der Waals surface area contributed by atoms with Gasteiger partial charge in [0.1, 0.15) is 11.9 Å². The normalized spacial score (nSPS) is 18.4. The van der Waals surface area contributed by atoms with E-state index in [0.29, 0.717) is 12.2 Å². The molecule has 0 aromatic heterocycles. The molecule has 4 heteroatoms. The van der Waals surface area contributed by atoms with E-state index in [1.165, 1.54) is 7.11 Å². The molecule has 0 N–H and O–H groups in total. The number of esters is 1. The van der Waals surface area contributed by atoms with Gasteiger partial charge in [0.2, 0.25) is 0 Å². The Balaban J connectivity index is 2.36. The van der Waals surface area contributed by atoms with E-state index < -0.39 is 0 Å². The molecule has 1 aliphatic rings. The van der Waals surface area contributed by atoms with Gasteiger partial charge in [0, 0.05) is 5.56 Å². The van der Waals surface area contributed by atoms with Crippen LogP contribution in [0.2, 0.25) is 0 Å². The molecule has 0 bridgehead atoms. The SMILES string of the molecule is COC(=O)c1ccc(OC)c(C2CO2)c1. The number of carbonyl (C=O) groups is 1. The van der Waals surface area contributed by atoms with Crippen molar-refractivity contribution in [2.45, 2.75) is 6.10 Å². The fourth-order valence-corrected chi connectivity index (χ4v) is 1.46. The number of methoxy groups -OCH3 is 2. The van der Waals surface area contributed by atoms with Crippen molar-refractivity contribution in [1.29, 1.82) is 0 Å². The Morgan fingerprint density at radius 2 is 2.20 bits per heavy atom. The molecule has 1 unspecified atom stereocenters. The molecule has 0 aliphatic carbocycles. The third-order valence-corrected chi connectivity index (χ3v) is 2.33. The van der Waals surface area contributed by atoms with Crippen molar-refractivity contribution in [2.75, 3.05) is 20.8 Å². The van der Waals surface area contributed by atoms with Gasteiger partial charge >= 0.3 is 5.97 Å². The predicted molar refractivity (Wildman–Crippen MR) is 53.0 cm³/mol. The Labute approximate surface area is 87.8 Å². The van der Waals surface area contributed by atoms with Gasteiger partial charge in [0.25, 0.3) is 0 Å². The van der Waals surface area contributed by atoms with E-state index in [0.717, 1.165) is 11.3 Å². The maximum absolute atomic E-state index is 11.3. The summed E-state index contributed by atoms with van der Waals surface area (Å²) in [4.78, 5) is 11.3. The van der Waals surface area contributed by atoms with Crippen LogP contribution in [0.4, 0.5) is 0 Å². The average Bonchev–Trinajstić information content (AvgIpc) is 3.11. The molecule has 0 amide bonds. The molecule has 0 spiro atoms. The summed E-state index contributed by atoms with van der Waals surface area (Å²) >= 11 is 0. The molecule has 0 saturated carbocycles. The standard InChI is InChI=1S/C11H12O4/c1-13-9-4-3-7(11(12)14-2)5-8(9)10-6-15-10/h3-5,10H,6H2,1-2H3. The molecule has 0 radical (unpaired) electrons. The van der Waals surface area contributed by atoms with Crippen LogP contribution in [0.25, 0.3) is 0 Å². The van der Waals surface area contributed by atoms with Crippen molar-refractivity contribution in [3.63, 3.8) is 0 Å². The van der Waals surface area contributed by atoms with E-state index in [1.807, 2.05) is 0 Å². The molecule has 1 aromatic rings. The summed E-state index contributed by atoms with van der Waals surface area (Å²) in [7, 11) is 2.96. The highest BCUT2D eigenvalue weighted by Gasteiger charge is 2.28. The maximum atomic E-state index is 11.3. The fourth-order valence-electron chi connectivity index (χ4n) is 1.46. The van der Waals surface area contributed by atoms with Gasteiger partial charge < -0.3 is 14.2 Å². The zero-order valence-electron chi connectivity index (χ0n) is 8.65. The number of rotatable bonds is 3. The van der Waals surface area contributed by atoms with Gasteiger partial charge in [-0.2, -0.15) is 0 Å². The van der Waals surface area contributed by atoms with Crippen LogP contribution in [-0.2, 0) is 9.47 Å². The molecule has 80 valence electrons. The molecule has 2 rings (SSSR count). The second-order valence-electron chi connectivity index (χ2n) is 3.27. The first-order valence-corrected chi connectivity index (χ1v) is 4.64. The minimum absolute atomic E-state index is 0.0598.